The Balaban J connectivity index is 2.65. The molecule has 0 N–H and O–H groups in total. The molecule has 0 aliphatic carbocycles. The molecule has 0 amide bonds. The molecule has 0 saturated carbocycles. The standard InChI is InChI=1S/C16H34NO3P/c1-8-10-18-21(19-11-9-2)20-14-12-15(3,4)17(7)16(5,6)13-14/h14H,8-13H2,1-7H3. The molecular weight excluding hydrogens is 285 g/mol. The Bertz CT molecular complexity index is 284. The SMILES string of the molecule is CCCOP(OCCC)OC1CC(C)(C)N(C)C(C)(C)C1. The van der Waals surface area contributed by atoms with Crippen molar-refractivity contribution in [3.8, 4) is 0 Å². The van der Waals surface area contributed by atoms with Crippen LogP contribution in [0.25, 0.3) is 0 Å². The lowest BCUT2D eigenvalue weighted by Gasteiger charge is -2.53. The molecule has 0 aromatic carbocycles. The lowest BCUT2D eigenvalue weighted by atomic mass is 9.79. The fourth-order valence-electron chi connectivity index (χ4n) is 2.91. The van der Waals surface area contributed by atoms with Crippen LogP contribution in [-0.2, 0) is 13.6 Å². The van der Waals surface area contributed by atoms with Gasteiger partial charge in [-0.05, 0) is 60.4 Å². The minimum absolute atomic E-state index is 0.128. The van der Waals surface area contributed by atoms with Crippen molar-refractivity contribution in [3.63, 3.8) is 0 Å². The largest absolute Gasteiger partial charge is 0.332 e. The summed E-state index contributed by atoms with van der Waals surface area (Å²) in [5, 5.41) is 0. The Morgan fingerprint density at radius 1 is 0.952 bits per heavy atom. The highest BCUT2D eigenvalue weighted by molar-refractivity contribution is 7.41. The molecule has 0 unspecified atom stereocenters. The van der Waals surface area contributed by atoms with Crippen molar-refractivity contribution in [2.75, 3.05) is 20.3 Å². The molecule has 1 rings (SSSR count). The van der Waals surface area contributed by atoms with Gasteiger partial charge in [0.15, 0.2) is 0 Å². The molecule has 1 fully saturated rings. The Morgan fingerprint density at radius 3 is 1.76 bits per heavy atom. The monoisotopic (exact) mass is 319 g/mol. The van der Waals surface area contributed by atoms with Gasteiger partial charge in [-0.15, -0.1) is 0 Å². The van der Waals surface area contributed by atoms with Gasteiger partial charge in [0.1, 0.15) is 0 Å². The third-order valence-corrected chi connectivity index (χ3v) is 5.56. The molecule has 5 heteroatoms. The highest BCUT2D eigenvalue weighted by Crippen LogP contribution is 2.47. The van der Waals surface area contributed by atoms with Gasteiger partial charge < -0.3 is 13.6 Å². The Hall–Kier alpha value is 0.270. The van der Waals surface area contributed by atoms with Crippen LogP contribution in [0.5, 0.6) is 0 Å². The molecule has 0 aromatic rings. The van der Waals surface area contributed by atoms with Gasteiger partial charge in [0, 0.05) is 11.1 Å². The van der Waals surface area contributed by atoms with Crippen LogP contribution in [0.15, 0.2) is 0 Å². The first-order chi connectivity index (χ1) is 9.73. The van der Waals surface area contributed by atoms with Crippen LogP contribution in [0.4, 0.5) is 0 Å². The second-order valence-electron chi connectivity index (χ2n) is 7.21. The van der Waals surface area contributed by atoms with Crippen molar-refractivity contribution in [3.05, 3.63) is 0 Å². The Kier molecular flexibility index (Phi) is 7.56. The van der Waals surface area contributed by atoms with Gasteiger partial charge in [-0.3, -0.25) is 4.90 Å². The van der Waals surface area contributed by atoms with Crippen molar-refractivity contribution in [1.82, 2.24) is 4.90 Å². The summed E-state index contributed by atoms with van der Waals surface area (Å²) in [6.07, 6.45) is 4.20. The second kappa shape index (κ2) is 8.21. The molecule has 0 radical (unpaired) electrons. The third-order valence-electron chi connectivity index (χ3n) is 4.31. The molecule has 1 aliphatic rings. The third kappa shape index (κ3) is 5.76. The van der Waals surface area contributed by atoms with Crippen LogP contribution < -0.4 is 0 Å². The first-order valence-electron chi connectivity index (χ1n) is 8.19. The van der Waals surface area contributed by atoms with Gasteiger partial charge in [-0.2, -0.15) is 0 Å². The summed E-state index contributed by atoms with van der Waals surface area (Å²) >= 11 is 0. The van der Waals surface area contributed by atoms with Gasteiger partial charge in [0.05, 0.1) is 19.3 Å². The first kappa shape index (κ1) is 19.3. The fraction of sp³-hybridized carbons (Fsp3) is 1.00. The van der Waals surface area contributed by atoms with Gasteiger partial charge in [0.25, 0.3) is 0 Å². The Morgan fingerprint density at radius 2 is 1.38 bits per heavy atom. The van der Waals surface area contributed by atoms with Gasteiger partial charge in [-0.1, -0.05) is 13.8 Å². The zero-order chi connectivity index (χ0) is 16.1. The van der Waals surface area contributed by atoms with Crippen molar-refractivity contribution in [2.24, 2.45) is 0 Å². The molecule has 1 aliphatic heterocycles. The lowest BCUT2D eigenvalue weighted by molar-refractivity contribution is -0.0609. The molecule has 0 bridgehead atoms. The van der Waals surface area contributed by atoms with E-state index in [1.54, 1.807) is 0 Å². The van der Waals surface area contributed by atoms with E-state index in [2.05, 4.69) is 53.5 Å². The molecule has 0 aromatic heterocycles. The minimum atomic E-state index is -1.21. The zero-order valence-electron chi connectivity index (χ0n) is 14.9. The first-order valence-corrected chi connectivity index (χ1v) is 9.29. The highest BCUT2D eigenvalue weighted by atomic mass is 31.2. The summed E-state index contributed by atoms with van der Waals surface area (Å²) in [5.74, 6) is 0. The maximum atomic E-state index is 6.21. The van der Waals surface area contributed by atoms with Crippen molar-refractivity contribution in [1.29, 1.82) is 0 Å². The number of likely N-dealkylation sites (tertiary alicyclic amines) is 1. The topological polar surface area (TPSA) is 30.9 Å². The van der Waals surface area contributed by atoms with Gasteiger partial charge in [0.2, 0.25) is 0 Å². The molecule has 0 atom stereocenters. The number of hydrogen-bond acceptors (Lipinski definition) is 4. The van der Waals surface area contributed by atoms with E-state index in [1.807, 2.05) is 0 Å². The van der Waals surface area contributed by atoms with Crippen LogP contribution >= 0.6 is 8.60 Å². The summed E-state index contributed by atoms with van der Waals surface area (Å²) < 4.78 is 17.7. The average molecular weight is 319 g/mol. The number of nitrogens with zero attached hydrogens (tertiary/aromatic N) is 1. The zero-order valence-corrected chi connectivity index (χ0v) is 15.8. The summed E-state index contributed by atoms with van der Waals surface area (Å²) in [5.41, 5.74) is 0.256. The quantitative estimate of drug-likeness (QED) is 0.605. The molecule has 1 heterocycles. The fourth-order valence-corrected chi connectivity index (χ4v) is 4.16. The molecule has 126 valence electrons. The van der Waals surface area contributed by atoms with Crippen LogP contribution in [0.3, 0.4) is 0 Å². The predicted octanol–water partition coefficient (Wildman–Crippen LogP) is 4.73. The molecule has 4 nitrogen and oxygen atoms in total. The summed E-state index contributed by atoms with van der Waals surface area (Å²) in [6.45, 7) is 14.8. The molecular formula is C16H34NO3P. The number of piperidine rings is 1. The van der Waals surface area contributed by atoms with E-state index in [4.69, 9.17) is 13.6 Å². The van der Waals surface area contributed by atoms with Crippen LogP contribution in [0.2, 0.25) is 0 Å². The molecule has 1 saturated heterocycles. The van der Waals surface area contributed by atoms with Crippen LogP contribution in [0.1, 0.15) is 67.2 Å². The van der Waals surface area contributed by atoms with Crippen molar-refractivity contribution < 1.29 is 13.6 Å². The van der Waals surface area contributed by atoms with Crippen LogP contribution in [0, 0.1) is 0 Å². The summed E-state index contributed by atoms with van der Waals surface area (Å²) in [6, 6.07) is 0. The minimum Gasteiger partial charge on any atom is -0.312 e. The maximum absolute atomic E-state index is 6.21. The number of hydrogen-bond donors (Lipinski definition) is 0. The summed E-state index contributed by atoms with van der Waals surface area (Å²) in [7, 11) is 0.998. The smallest absolute Gasteiger partial charge is 0.312 e. The predicted molar refractivity (Wildman–Crippen MR) is 89.4 cm³/mol. The maximum Gasteiger partial charge on any atom is 0.332 e. The van der Waals surface area contributed by atoms with E-state index in [-0.39, 0.29) is 17.2 Å². The van der Waals surface area contributed by atoms with E-state index in [9.17, 15) is 0 Å². The number of rotatable bonds is 8. The van der Waals surface area contributed by atoms with Crippen molar-refractivity contribution >= 4 is 8.60 Å². The van der Waals surface area contributed by atoms with E-state index in [1.165, 1.54) is 0 Å². The van der Waals surface area contributed by atoms with Gasteiger partial charge in [-0.25, -0.2) is 0 Å². The van der Waals surface area contributed by atoms with E-state index in [0.29, 0.717) is 13.2 Å². The van der Waals surface area contributed by atoms with Crippen LogP contribution in [-0.4, -0.2) is 42.3 Å². The summed E-state index contributed by atoms with van der Waals surface area (Å²) in [4.78, 5) is 2.46. The van der Waals surface area contributed by atoms with Crippen molar-refractivity contribution in [2.45, 2.75) is 84.4 Å². The van der Waals surface area contributed by atoms with E-state index < -0.39 is 8.60 Å². The van der Waals surface area contributed by atoms with Gasteiger partial charge >= 0.3 is 8.60 Å². The lowest BCUT2D eigenvalue weighted by Crippen LogP contribution is -2.60. The normalized spacial score (nSPS) is 22.9. The highest BCUT2D eigenvalue weighted by Gasteiger charge is 2.44. The second-order valence-corrected chi connectivity index (χ2v) is 8.38. The van der Waals surface area contributed by atoms with E-state index >= 15 is 0 Å². The molecule has 21 heavy (non-hydrogen) atoms. The molecule has 0 spiro atoms. The van der Waals surface area contributed by atoms with E-state index in [0.717, 1.165) is 25.7 Å². The Labute approximate surface area is 132 Å². The average Bonchev–Trinajstić information content (AvgIpc) is 2.38.